The number of hydrogen-bond acceptors (Lipinski definition) is 7. The molecule has 1 atom stereocenters. The summed E-state index contributed by atoms with van der Waals surface area (Å²) in [5.41, 5.74) is 0.445. The fraction of sp³-hybridized carbons (Fsp3) is 0.389. The second-order valence-electron chi connectivity index (χ2n) is 6.87. The number of amides is 1. The number of sulfone groups is 2. The van der Waals surface area contributed by atoms with Gasteiger partial charge in [0.05, 0.1) is 28.5 Å². The van der Waals surface area contributed by atoms with Crippen LogP contribution in [-0.2, 0) is 26.2 Å². The maximum absolute atomic E-state index is 13.3. The molecule has 8 nitrogen and oxygen atoms in total. The van der Waals surface area contributed by atoms with Crippen LogP contribution in [0.5, 0.6) is 0 Å². The fourth-order valence-corrected chi connectivity index (χ4v) is 5.82. The zero-order chi connectivity index (χ0) is 22.1. The predicted octanol–water partition coefficient (Wildman–Crippen LogP) is 2.41. The van der Waals surface area contributed by atoms with E-state index in [9.17, 15) is 21.6 Å². The monoisotopic (exact) mass is 491 g/mol. The van der Waals surface area contributed by atoms with Crippen LogP contribution in [-0.4, -0.2) is 60.9 Å². The molecule has 0 unspecified atom stereocenters. The number of rotatable bonds is 6. The smallest absolute Gasteiger partial charge is 0.274 e. The van der Waals surface area contributed by atoms with Gasteiger partial charge >= 0.3 is 0 Å². The minimum atomic E-state index is -3.76. The lowest BCUT2D eigenvalue weighted by Crippen LogP contribution is -2.41. The standard InChI is InChI=1S/C18H19Cl2N3O5S2/c1-2-30(27,28)18-21-9-15(20)16(22-18)17(24)23(14-7-8-29(25,26)11-14)10-12-3-5-13(19)6-4-12/h3-6,9,14H,2,7-8,10-11H2,1H3/t14-/m1/s1. The summed E-state index contributed by atoms with van der Waals surface area (Å²) < 4.78 is 48.3. The molecule has 0 spiro atoms. The van der Waals surface area contributed by atoms with Crippen molar-refractivity contribution in [2.24, 2.45) is 0 Å². The van der Waals surface area contributed by atoms with Gasteiger partial charge in [-0.05, 0) is 24.1 Å². The van der Waals surface area contributed by atoms with Crippen molar-refractivity contribution in [2.45, 2.75) is 31.1 Å². The summed E-state index contributed by atoms with van der Waals surface area (Å²) in [5.74, 6) is -1.12. The first-order valence-electron chi connectivity index (χ1n) is 9.03. The van der Waals surface area contributed by atoms with Gasteiger partial charge in [-0.3, -0.25) is 4.79 Å². The van der Waals surface area contributed by atoms with Crippen molar-refractivity contribution in [3.63, 3.8) is 0 Å². The van der Waals surface area contributed by atoms with Crippen molar-refractivity contribution in [1.82, 2.24) is 14.9 Å². The van der Waals surface area contributed by atoms with Crippen LogP contribution < -0.4 is 0 Å². The molecule has 1 aliphatic rings. The summed E-state index contributed by atoms with van der Waals surface area (Å²) in [6.45, 7) is 1.53. The van der Waals surface area contributed by atoms with Crippen molar-refractivity contribution in [3.8, 4) is 0 Å². The molecule has 30 heavy (non-hydrogen) atoms. The third-order valence-corrected chi connectivity index (χ3v) is 8.55. The van der Waals surface area contributed by atoms with Crippen LogP contribution in [0, 0.1) is 0 Å². The number of hydrogen-bond donors (Lipinski definition) is 0. The van der Waals surface area contributed by atoms with Crippen LogP contribution in [0.2, 0.25) is 10.0 Å². The Kier molecular flexibility index (Phi) is 6.71. The van der Waals surface area contributed by atoms with E-state index in [1.165, 1.54) is 11.8 Å². The maximum Gasteiger partial charge on any atom is 0.274 e. The highest BCUT2D eigenvalue weighted by atomic mass is 35.5. The Morgan fingerprint density at radius 1 is 1.23 bits per heavy atom. The molecule has 0 saturated carbocycles. The van der Waals surface area contributed by atoms with Gasteiger partial charge in [-0.2, -0.15) is 0 Å². The SMILES string of the molecule is CCS(=O)(=O)c1ncc(Cl)c(C(=O)N(Cc2ccc(Cl)cc2)[C@@H]2CCS(=O)(=O)C2)n1. The van der Waals surface area contributed by atoms with E-state index >= 15 is 0 Å². The van der Waals surface area contributed by atoms with E-state index in [2.05, 4.69) is 9.97 Å². The molecule has 1 saturated heterocycles. The van der Waals surface area contributed by atoms with Gasteiger partial charge in [0.1, 0.15) is 0 Å². The Morgan fingerprint density at radius 3 is 2.47 bits per heavy atom. The Hall–Kier alpha value is -1.75. The topological polar surface area (TPSA) is 114 Å². The van der Waals surface area contributed by atoms with Crippen molar-refractivity contribution in [3.05, 3.63) is 51.8 Å². The zero-order valence-corrected chi connectivity index (χ0v) is 19.1. The molecule has 1 fully saturated rings. The summed E-state index contributed by atoms with van der Waals surface area (Å²) >= 11 is 12.0. The Balaban J connectivity index is 2.01. The van der Waals surface area contributed by atoms with Crippen molar-refractivity contribution >= 4 is 48.8 Å². The molecule has 3 rings (SSSR count). The Labute approximate surface area is 185 Å². The van der Waals surface area contributed by atoms with Crippen LogP contribution in [0.15, 0.2) is 35.6 Å². The molecule has 1 aliphatic heterocycles. The molecule has 0 N–H and O–H groups in total. The van der Waals surface area contributed by atoms with E-state index < -0.39 is 36.8 Å². The number of benzene rings is 1. The van der Waals surface area contributed by atoms with Gasteiger partial charge in [0.25, 0.3) is 5.91 Å². The van der Waals surface area contributed by atoms with Gasteiger partial charge in [0.15, 0.2) is 15.5 Å². The molecule has 1 amide bonds. The second kappa shape index (κ2) is 8.78. The quantitative estimate of drug-likeness (QED) is 0.569. The number of carbonyl (C=O) groups excluding carboxylic acids is 1. The molecule has 1 aromatic carbocycles. The van der Waals surface area contributed by atoms with Crippen LogP contribution in [0.3, 0.4) is 0 Å². The average Bonchev–Trinajstić information content (AvgIpc) is 3.06. The van der Waals surface area contributed by atoms with E-state index in [1.54, 1.807) is 24.3 Å². The zero-order valence-electron chi connectivity index (χ0n) is 16.0. The number of aromatic nitrogens is 2. The molecule has 1 aromatic heterocycles. The average molecular weight is 492 g/mol. The highest BCUT2D eigenvalue weighted by Crippen LogP contribution is 2.25. The van der Waals surface area contributed by atoms with E-state index in [0.29, 0.717) is 5.02 Å². The number of carbonyl (C=O) groups is 1. The highest BCUT2D eigenvalue weighted by Gasteiger charge is 2.36. The molecular formula is C18H19Cl2N3O5S2. The van der Waals surface area contributed by atoms with Crippen LogP contribution in [0.25, 0.3) is 0 Å². The van der Waals surface area contributed by atoms with E-state index in [4.69, 9.17) is 23.2 Å². The van der Waals surface area contributed by atoms with Gasteiger partial charge in [-0.1, -0.05) is 42.3 Å². The number of halogens is 2. The first-order valence-corrected chi connectivity index (χ1v) is 13.3. The van der Waals surface area contributed by atoms with Crippen LogP contribution in [0.4, 0.5) is 0 Å². The molecule has 0 bridgehead atoms. The molecule has 12 heteroatoms. The molecule has 0 aliphatic carbocycles. The first-order chi connectivity index (χ1) is 14.0. The van der Waals surface area contributed by atoms with E-state index in [-0.39, 0.29) is 40.9 Å². The van der Waals surface area contributed by atoms with Crippen LogP contribution >= 0.6 is 23.2 Å². The van der Waals surface area contributed by atoms with E-state index in [1.807, 2.05) is 0 Å². The third-order valence-electron chi connectivity index (χ3n) is 4.76. The normalized spacial score (nSPS) is 18.3. The summed E-state index contributed by atoms with van der Waals surface area (Å²) in [6.07, 6.45) is 1.33. The first kappa shape index (κ1) is 22.9. The van der Waals surface area contributed by atoms with Gasteiger partial charge in [0.2, 0.25) is 15.0 Å². The minimum absolute atomic E-state index is 0.0327. The highest BCUT2D eigenvalue weighted by molar-refractivity contribution is 7.91. The lowest BCUT2D eigenvalue weighted by atomic mass is 10.1. The molecule has 2 aromatic rings. The predicted molar refractivity (Wildman–Crippen MR) is 113 cm³/mol. The van der Waals surface area contributed by atoms with E-state index in [0.717, 1.165) is 11.8 Å². The van der Waals surface area contributed by atoms with Crippen molar-refractivity contribution in [2.75, 3.05) is 17.3 Å². The van der Waals surface area contributed by atoms with Crippen LogP contribution in [0.1, 0.15) is 29.4 Å². The lowest BCUT2D eigenvalue weighted by Gasteiger charge is -2.28. The molecule has 162 valence electrons. The summed E-state index contributed by atoms with van der Waals surface area (Å²) in [6, 6.07) is 6.18. The fourth-order valence-electron chi connectivity index (χ4n) is 3.09. The molecule has 2 heterocycles. The minimum Gasteiger partial charge on any atom is -0.329 e. The summed E-state index contributed by atoms with van der Waals surface area (Å²) in [7, 11) is -7.04. The van der Waals surface area contributed by atoms with Gasteiger partial charge in [0, 0.05) is 17.6 Å². The largest absolute Gasteiger partial charge is 0.329 e. The number of nitrogens with zero attached hydrogens (tertiary/aromatic N) is 3. The maximum atomic E-state index is 13.3. The summed E-state index contributed by atoms with van der Waals surface area (Å²) in [4.78, 5) is 22.3. The second-order valence-corrected chi connectivity index (χ2v) is 12.1. The summed E-state index contributed by atoms with van der Waals surface area (Å²) in [5, 5.41) is -0.0893. The lowest BCUT2D eigenvalue weighted by molar-refractivity contribution is 0.0674. The molecular weight excluding hydrogens is 473 g/mol. The Morgan fingerprint density at radius 2 is 1.90 bits per heavy atom. The Bertz CT molecular complexity index is 1170. The van der Waals surface area contributed by atoms with Gasteiger partial charge in [-0.15, -0.1) is 0 Å². The van der Waals surface area contributed by atoms with Crippen molar-refractivity contribution < 1.29 is 21.6 Å². The third kappa shape index (κ3) is 5.11. The molecule has 0 radical (unpaired) electrons. The van der Waals surface area contributed by atoms with Crippen molar-refractivity contribution in [1.29, 1.82) is 0 Å². The van der Waals surface area contributed by atoms with Gasteiger partial charge < -0.3 is 4.90 Å². The van der Waals surface area contributed by atoms with Gasteiger partial charge in [-0.25, -0.2) is 26.8 Å².